The van der Waals surface area contributed by atoms with Crippen molar-refractivity contribution in [1.82, 2.24) is 0 Å². The van der Waals surface area contributed by atoms with Crippen molar-refractivity contribution in [2.45, 2.75) is 31.4 Å². The zero-order valence-electron chi connectivity index (χ0n) is 9.64. The number of carboxylic acid groups (broad SMARTS) is 1. The number of benzene rings is 1. The van der Waals surface area contributed by atoms with Crippen molar-refractivity contribution in [3.05, 3.63) is 29.3 Å². The lowest BCUT2D eigenvalue weighted by molar-refractivity contribution is 0.0588. The quantitative estimate of drug-likeness (QED) is 0.851. The molecule has 0 saturated heterocycles. The summed E-state index contributed by atoms with van der Waals surface area (Å²) in [5.41, 5.74) is -1.72. The van der Waals surface area contributed by atoms with E-state index in [0.29, 0.717) is 0 Å². The average molecular weight is 259 g/mol. The van der Waals surface area contributed by atoms with Crippen molar-refractivity contribution >= 4 is 11.8 Å². The predicted octanol–water partition coefficient (Wildman–Crippen LogP) is 3.66. The first-order valence-corrected chi connectivity index (χ1v) is 5.46. The van der Waals surface area contributed by atoms with E-state index in [2.05, 4.69) is 0 Å². The van der Waals surface area contributed by atoms with Gasteiger partial charge in [0.15, 0.2) is 0 Å². The van der Waals surface area contributed by atoms with Crippen LogP contribution in [0.25, 0.3) is 0 Å². The highest BCUT2D eigenvalue weighted by Crippen LogP contribution is 2.48. The van der Waals surface area contributed by atoms with E-state index in [-0.39, 0.29) is 24.1 Å². The molecule has 1 amide bonds. The third-order valence-electron chi connectivity index (χ3n) is 3.08. The molecule has 0 aromatic heterocycles. The van der Waals surface area contributed by atoms with E-state index in [0.717, 1.165) is 12.1 Å². The van der Waals surface area contributed by atoms with Gasteiger partial charge in [-0.3, -0.25) is 5.32 Å². The second-order valence-electron chi connectivity index (χ2n) is 4.80. The molecule has 1 aliphatic carbocycles. The largest absolute Gasteiger partial charge is 0.465 e. The van der Waals surface area contributed by atoms with Crippen LogP contribution in [0.1, 0.15) is 31.2 Å². The number of hydrogen-bond donors (Lipinski definition) is 2. The topological polar surface area (TPSA) is 49.3 Å². The Bertz CT molecular complexity index is 471. The van der Waals surface area contributed by atoms with E-state index < -0.39 is 29.3 Å². The van der Waals surface area contributed by atoms with Gasteiger partial charge in [-0.1, -0.05) is 0 Å². The molecule has 2 rings (SSSR count). The summed E-state index contributed by atoms with van der Waals surface area (Å²) in [6.45, 7) is 1.39. The molecule has 1 aromatic rings. The molecule has 0 bridgehead atoms. The van der Waals surface area contributed by atoms with Crippen LogP contribution < -0.4 is 5.32 Å². The van der Waals surface area contributed by atoms with Crippen molar-refractivity contribution in [1.29, 1.82) is 0 Å². The SMILES string of the molecule is CC1(F)CC(c2c(F)cc(NC(=O)O)cc2F)C1. The summed E-state index contributed by atoms with van der Waals surface area (Å²) in [4.78, 5) is 10.4. The highest BCUT2D eigenvalue weighted by Gasteiger charge is 2.43. The molecular formula is C12H12F3NO2. The molecular weight excluding hydrogens is 247 g/mol. The molecule has 18 heavy (non-hydrogen) atoms. The standard InChI is InChI=1S/C12H12F3NO2/c1-12(15)4-6(5-12)10-8(13)2-7(3-9(10)14)16-11(17)18/h2-3,6,16H,4-5H2,1H3,(H,17,18). The Kier molecular flexibility index (Phi) is 2.96. The fraction of sp³-hybridized carbons (Fsp3) is 0.417. The molecule has 0 unspecified atom stereocenters. The summed E-state index contributed by atoms with van der Waals surface area (Å²) >= 11 is 0. The number of halogens is 3. The maximum absolute atomic E-state index is 13.7. The maximum atomic E-state index is 13.7. The molecule has 0 heterocycles. The molecule has 0 aliphatic heterocycles. The van der Waals surface area contributed by atoms with Crippen molar-refractivity contribution in [3.63, 3.8) is 0 Å². The second-order valence-corrected chi connectivity index (χ2v) is 4.80. The first kappa shape index (κ1) is 12.7. The molecule has 1 fully saturated rings. The Morgan fingerprint density at radius 1 is 1.39 bits per heavy atom. The van der Waals surface area contributed by atoms with E-state index in [1.807, 2.05) is 5.32 Å². The smallest absolute Gasteiger partial charge is 0.409 e. The Morgan fingerprint density at radius 2 is 1.89 bits per heavy atom. The summed E-state index contributed by atoms with van der Waals surface area (Å²) in [6.07, 6.45) is -1.25. The van der Waals surface area contributed by atoms with Crippen LogP contribution >= 0.6 is 0 Å². The minimum atomic E-state index is -1.40. The summed E-state index contributed by atoms with van der Waals surface area (Å²) in [7, 11) is 0. The molecule has 1 aromatic carbocycles. The Morgan fingerprint density at radius 3 is 2.28 bits per heavy atom. The van der Waals surface area contributed by atoms with Gasteiger partial charge in [-0.25, -0.2) is 18.0 Å². The van der Waals surface area contributed by atoms with Crippen molar-refractivity contribution < 1.29 is 23.1 Å². The Labute approximate surface area is 102 Å². The van der Waals surface area contributed by atoms with Crippen LogP contribution in [-0.2, 0) is 0 Å². The van der Waals surface area contributed by atoms with Gasteiger partial charge in [-0.05, 0) is 37.8 Å². The average Bonchev–Trinajstić information content (AvgIpc) is 2.11. The van der Waals surface area contributed by atoms with Crippen LogP contribution in [0.15, 0.2) is 12.1 Å². The van der Waals surface area contributed by atoms with Crippen LogP contribution in [0.4, 0.5) is 23.7 Å². The molecule has 0 radical (unpaired) electrons. The van der Waals surface area contributed by atoms with Crippen LogP contribution in [0.2, 0.25) is 0 Å². The van der Waals surface area contributed by atoms with Crippen LogP contribution in [-0.4, -0.2) is 16.9 Å². The number of hydrogen-bond acceptors (Lipinski definition) is 1. The van der Waals surface area contributed by atoms with E-state index in [1.165, 1.54) is 6.92 Å². The molecule has 0 atom stereocenters. The van der Waals surface area contributed by atoms with Gasteiger partial charge in [-0.15, -0.1) is 0 Å². The maximum Gasteiger partial charge on any atom is 0.409 e. The fourth-order valence-corrected chi connectivity index (χ4v) is 2.34. The minimum absolute atomic E-state index is 0.0759. The van der Waals surface area contributed by atoms with Gasteiger partial charge in [0.05, 0.1) is 0 Å². The lowest BCUT2D eigenvalue weighted by atomic mass is 9.70. The number of alkyl halides is 1. The van der Waals surface area contributed by atoms with Crippen LogP contribution in [0, 0.1) is 11.6 Å². The molecule has 98 valence electrons. The first-order chi connectivity index (χ1) is 8.28. The van der Waals surface area contributed by atoms with Gasteiger partial charge in [-0.2, -0.15) is 0 Å². The number of rotatable bonds is 2. The normalized spacial score (nSPS) is 26.6. The first-order valence-electron chi connectivity index (χ1n) is 5.46. The Hall–Kier alpha value is -1.72. The number of nitrogens with one attached hydrogen (secondary N) is 1. The molecule has 1 aliphatic rings. The molecule has 3 nitrogen and oxygen atoms in total. The van der Waals surface area contributed by atoms with Gasteiger partial charge in [0.25, 0.3) is 0 Å². The highest BCUT2D eigenvalue weighted by molar-refractivity contribution is 5.82. The zero-order valence-corrected chi connectivity index (χ0v) is 9.64. The summed E-state index contributed by atoms with van der Waals surface area (Å²) in [5, 5.41) is 10.3. The van der Waals surface area contributed by atoms with Crippen LogP contribution in [0.5, 0.6) is 0 Å². The van der Waals surface area contributed by atoms with Gasteiger partial charge in [0, 0.05) is 11.3 Å². The van der Waals surface area contributed by atoms with E-state index in [4.69, 9.17) is 5.11 Å². The van der Waals surface area contributed by atoms with Gasteiger partial charge in [0.2, 0.25) is 0 Å². The predicted molar refractivity (Wildman–Crippen MR) is 59.5 cm³/mol. The molecule has 2 N–H and O–H groups in total. The highest BCUT2D eigenvalue weighted by atomic mass is 19.1. The summed E-state index contributed by atoms with van der Waals surface area (Å²) in [5.74, 6) is -2.18. The lowest BCUT2D eigenvalue weighted by Gasteiger charge is -2.39. The fourth-order valence-electron chi connectivity index (χ4n) is 2.34. The lowest BCUT2D eigenvalue weighted by Crippen LogP contribution is -2.36. The zero-order chi connectivity index (χ0) is 13.5. The van der Waals surface area contributed by atoms with Gasteiger partial charge < -0.3 is 5.11 Å². The molecule has 1 saturated carbocycles. The van der Waals surface area contributed by atoms with E-state index in [9.17, 15) is 18.0 Å². The summed E-state index contributed by atoms with van der Waals surface area (Å²) < 4.78 is 40.7. The van der Waals surface area contributed by atoms with Gasteiger partial charge >= 0.3 is 6.09 Å². The third kappa shape index (κ3) is 2.42. The third-order valence-corrected chi connectivity index (χ3v) is 3.08. The van der Waals surface area contributed by atoms with Gasteiger partial charge in [0.1, 0.15) is 17.3 Å². The number of carbonyl (C=O) groups is 1. The van der Waals surface area contributed by atoms with Crippen molar-refractivity contribution in [2.24, 2.45) is 0 Å². The second kappa shape index (κ2) is 4.19. The number of anilines is 1. The van der Waals surface area contributed by atoms with E-state index >= 15 is 0 Å². The van der Waals surface area contributed by atoms with Crippen LogP contribution in [0.3, 0.4) is 0 Å². The van der Waals surface area contributed by atoms with Crippen molar-refractivity contribution in [3.8, 4) is 0 Å². The monoisotopic (exact) mass is 259 g/mol. The minimum Gasteiger partial charge on any atom is -0.465 e. The molecule has 6 heteroatoms. The van der Waals surface area contributed by atoms with Crippen molar-refractivity contribution in [2.75, 3.05) is 5.32 Å². The summed E-state index contributed by atoms with van der Waals surface area (Å²) in [6, 6.07) is 1.81. The Balaban J connectivity index is 2.25. The number of amides is 1. The molecule has 0 spiro atoms. The van der Waals surface area contributed by atoms with E-state index in [1.54, 1.807) is 0 Å².